The summed E-state index contributed by atoms with van der Waals surface area (Å²) in [5.74, 6) is 1.64. The number of aliphatic hydroxyl groups excluding tert-OH is 1. The zero-order chi connectivity index (χ0) is 17.8. The van der Waals surface area contributed by atoms with Gasteiger partial charge in [0.2, 0.25) is 0 Å². The molecule has 1 aromatic heterocycles. The lowest BCUT2D eigenvalue weighted by Gasteiger charge is -2.13. The van der Waals surface area contributed by atoms with E-state index >= 15 is 0 Å². The van der Waals surface area contributed by atoms with E-state index < -0.39 is 0 Å². The summed E-state index contributed by atoms with van der Waals surface area (Å²) in [7, 11) is 0. The maximum Gasteiger partial charge on any atom is 0.134 e. The number of aliphatic hydroxyl groups is 1. The van der Waals surface area contributed by atoms with E-state index in [-0.39, 0.29) is 12.6 Å². The highest BCUT2D eigenvalue weighted by Gasteiger charge is 2.09. The van der Waals surface area contributed by atoms with Crippen molar-refractivity contribution < 1.29 is 9.52 Å². The van der Waals surface area contributed by atoms with Gasteiger partial charge in [0.25, 0.3) is 0 Å². The predicted molar refractivity (Wildman–Crippen MR) is 102 cm³/mol. The van der Waals surface area contributed by atoms with E-state index in [4.69, 9.17) is 16.0 Å². The van der Waals surface area contributed by atoms with Gasteiger partial charge in [-0.2, -0.15) is 0 Å². The van der Waals surface area contributed by atoms with Gasteiger partial charge in [0.05, 0.1) is 13.2 Å². The molecule has 130 valence electrons. The lowest BCUT2D eigenvalue weighted by molar-refractivity contribution is 0.282. The van der Waals surface area contributed by atoms with Crippen LogP contribution in [-0.4, -0.2) is 5.11 Å². The normalized spacial score (nSPS) is 12.3. The van der Waals surface area contributed by atoms with Crippen LogP contribution >= 0.6 is 11.6 Å². The van der Waals surface area contributed by atoms with E-state index in [1.807, 2.05) is 24.3 Å². The molecular weight excluding hydrogens is 334 g/mol. The Morgan fingerprint density at radius 3 is 2.56 bits per heavy atom. The third kappa shape index (κ3) is 4.31. The fourth-order valence-electron chi connectivity index (χ4n) is 2.70. The summed E-state index contributed by atoms with van der Waals surface area (Å²) in [6.07, 6.45) is 0. The van der Waals surface area contributed by atoms with Crippen molar-refractivity contribution in [2.24, 2.45) is 0 Å². The van der Waals surface area contributed by atoms with E-state index in [0.717, 1.165) is 17.1 Å². The van der Waals surface area contributed by atoms with Crippen molar-refractivity contribution in [2.45, 2.75) is 33.0 Å². The molecule has 0 aliphatic carbocycles. The molecular formula is C21H22ClNO2. The summed E-state index contributed by atoms with van der Waals surface area (Å²) in [6.45, 7) is 4.79. The first-order valence-electron chi connectivity index (χ1n) is 8.35. The molecule has 4 heteroatoms. The Labute approximate surface area is 153 Å². The highest BCUT2D eigenvalue weighted by Crippen LogP contribution is 2.27. The molecule has 1 heterocycles. The highest BCUT2D eigenvalue weighted by molar-refractivity contribution is 6.31. The van der Waals surface area contributed by atoms with E-state index in [2.05, 4.69) is 43.4 Å². The lowest BCUT2D eigenvalue weighted by atomic mass is 10.1. The number of nitrogens with one attached hydrogen (secondary N) is 1. The smallest absolute Gasteiger partial charge is 0.134 e. The number of aryl methyl sites for hydroxylation is 1. The molecule has 0 radical (unpaired) electrons. The third-order valence-electron chi connectivity index (χ3n) is 4.32. The Kier molecular flexibility index (Phi) is 5.59. The zero-order valence-corrected chi connectivity index (χ0v) is 15.2. The van der Waals surface area contributed by atoms with Crippen molar-refractivity contribution in [2.75, 3.05) is 0 Å². The minimum Gasteiger partial charge on any atom is -0.460 e. The average molecular weight is 356 g/mol. The van der Waals surface area contributed by atoms with Crippen molar-refractivity contribution in [3.05, 3.63) is 82.1 Å². The SMILES string of the molecule is Cc1ccc(C(C)NCc2ccc(-c3ccc(Cl)c(CO)c3)o2)cc1. The second kappa shape index (κ2) is 7.87. The van der Waals surface area contributed by atoms with E-state index in [1.54, 1.807) is 6.07 Å². The molecule has 3 aromatic rings. The van der Waals surface area contributed by atoms with Crippen LogP contribution in [0.15, 0.2) is 59.0 Å². The molecule has 2 aromatic carbocycles. The van der Waals surface area contributed by atoms with Crippen LogP contribution in [0.25, 0.3) is 11.3 Å². The van der Waals surface area contributed by atoms with Gasteiger partial charge in [-0.15, -0.1) is 0 Å². The summed E-state index contributed by atoms with van der Waals surface area (Å²) < 4.78 is 5.93. The number of furan rings is 1. The Bertz CT molecular complexity index is 839. The Morgan fingerprint density at radius 2 is 1.84 bits per heavy atom. The van der Waals surface area contributed by atoms with Crippen LogP contribution < -0.4 is 5.32 Å². The number of hydrogen-bond acceptors (Lipinski definition) is 3. The summed E-state index contributed by atoms with van der Waals surface area (Å²) in [5, 5.41) is 13.4. The minimum absolute atomic E-state index is 0.0874. The van der Waals surface area contributed by atoms with Gasteiger partial charge in [0.1, 0.15) is 11.5 Å². The molecule has 1 unspecified atom stereocenters. The van der Waals surface area contributed by atoms with Crippen LogP contribution in [0.1, 0.15) is 35.4 Å². The molecule has 0 fully saturated rings. The standard InChI is InChI=1S/C21H22ClNO2/c1-14-3-5-16(6-4-14)15(2)23-12-19-8-10-21(25-19)17-7-9-20(22)18(11-17)13-24/h3-11,15,23-24H,12-13H2,1-2H3. The molecule has 0 amide bonds. The molecule has 0 bridgehead atoms. The lowest BCUT2D eigenvalue weighted by Crippen LogP contribution is -2.17. The van der Waals surface area contributed by atoms with E-state index in [0.29, 0.717) is 17.1 Å². The van der Waals surface area contributed by atoms with E-state index in [9.17, 15) is 5.11 Å². The van der Waals surface area contributed by atoms with Gasteiger partial charge in [0, 0.05) is 16.6 Å². The molecule has 0 saturated carbocycles. The van der Waals surface area contributed by atoms with Crippen LogP contribution in [0.2, 0.25) is 5.02 Å². The zero-order valence-electron chi connectivity index (χ0n) is 14.4. The first-order chi connectivity index (χ1) is 12.1. The van der Waals surface area contributed by atoms with Gasteiger partial charge >= 0.3 is 0 Å². The van der Waals surface area contributed by atoms with Crippen LogP contribution in [0, 0.1) is 6.92 Å². The topological polar surface area (TPSA) is 45.4 Å². The molecule has 2 N–H and O–H groups in total. The van der Waals surface area contributed by atoms with E-state index in [1.165, 1.54) is 11.1 Å². The average Bonchev–Trinajstić information content (AvgIpc) is 3.09. The molecule has 25 heavy (non-hydrogen) atoms. The molecule has 0 saturated heterocycles. The maximum atomic E-state index is 9.34. The van der Waals surface area contributed by atoms with Gasteiger partial charge in [-0.05, 0) is 55.3 Å². The Morgan fingerprint density at radius 1 is 1.08 bits per heavy atom. The second-order valence-corrected chi connectivity index (χ2v) is 6.65. The molecule has 0 aliphatic heterocycles. The molecule has 1 atom stereocenters. The fraction of sp³-hybridized carbons (Fsp3) is 0.238. The van der Waals surface area contributed by atoms with Gasteiger partial charge in [-0.1, -0.05) is 41.4 Å². The Hall–Kier alpha value is -2.07. The van der Waals surface area contributed by atoms with Crippen molar-refractivity contribution in [1.29, 1.82) is 0 Å². The fourth-order valence-corrected chi connectivity index (χ4v) is 2.88. The monoisotopic (exact) mass is 355 g/mol. The second-order valence-electron chi connectivity index (χ2n) is 6.24. The third-order valence-corrected chi connectivity index (χ3v) is 4.69. The summed E-state index contributed by atoms with van der Waals surface area (Å²) in [5.41, 5.74) is 4.12. The van der Waals surface area contributed by atoms with Crippen LogP contribution in [0.5, 0.6) is 0 Å². The number of halogens is 1. The number of benzene rings is 2. The maximum absolute atomic E-state index is 9.34. The molecule has 0 spiro atoms. The summed E-state index contributed by atoms with van der Waals surface area (Å²) in [6, 6.07) is 18.2. The van der Waals surface area contributed by atoms with Gasteiger partial charge in [-0.25, -0.2) is 0 Å². The Balaban J connectivity index is 1.66. The summed E-state index contributed by atoms with van der Waals surface area (Å²) in [4.78, 5) is 0. The quantitative estimate of drug-likeness (QED) is 0.634. The largest absolute Gasteiger partial charge is 0.460 e. The minimum atomic E-state index is -0.0874. The van der Waals surface area contributed by atoms with Crippen molar-refractivity contribution in [3.63, 3.8) is 0 Å². The van der Waals surface area contributed by atoms with Gasteiger partial charge in [-0.3, -0.25) is 0 Å². The molecule has 0 aliphatic rings. The first kappa shape index (κ1) is 17.7. The highest BCUT2D eigenvalue weighted by atomic mass is 35.5. The number of hydrogen-bond donors (Lipinski definition) is 2. The predicted octanol–water partition coefficient (Wildman–Crippen LogP) is 5.25. The summed E-state index contributed by atoms with van der Waals surface area (Å²) >= 11 is 6.04. The van der Waals surface area contributed by atoms with Gasteiger partial charge < -0.3 is 14.8 Å². The van der Waals surface area contributed by atoms with Gasteiger partial charge in [0.15, 0.2) is 0 Å². The van der Waals surface area contributed by atoms with Crippen molar-refractivity contribution >= 4 is 11.6 Å². The van der Waals surface area contributed by atoms with Crippen LogP contribution in [0.3, 0.4) is 0 Å². The van der Waals surface area contributed by atoms with Crippen molar-refractivity contribution in [3.8, 4) is 11.3 Å². The first-order valence-corrected chi connectivity index (χ1v) is 8.73. The number of rotatable bonds is 6. The molecule has 3 nitrogen and oxygen atoms in total. The van der Waals surface area contributed by atoms with Crippen LogP contribution in [0.4, 0.5) is 0 Å². The molecule has 3 rings (SSSR count). The van der Waals surface area contributed by atoms with Crippen LogP contribution in [-0.2, 0) is 13.2 Å². The van der Waals surface area contributed by atoms with Crippen molar-refractivity contribution in [1.82, 2.24) is 5.32 Å².